The molecular weight excluding hydrogens is 196 g/mol. The van der Waals surface area contributed by atoms with E-state index in [4.69, 9.17) is 20.4 Å². The number of carbonyl (C=O) groups excluding carboxylic acids is 1. The molecule has 0 bridgehead atoms. The van der Waals surface area contributed by atoms with Crippen LogP contribution >= 0.6 is 0 Å². The summed E-state index contributed by atoms with van der Waals surface area (Å²) < 4.78 is 4.33. The van der Waals surface area contributed by atoms with E-state index in [1.165, 1.54) is 0 Å². The van der Waals surface area contributed by atoms with Crippen molar-refractivity contribution in [3.8, 4) is 0 Å². The maximum atomic E-state index is 10.8. The van der Waals surface area contributed by atoms with Crippen LogP contribution in [0.5, 0.6) is 0 Å². The number of rotatable bonds is 0. The van der Waals surface area contributed by atoms with E-state index in [1.807, 2.05) is 0 Å². The number of ether oxygens (including phenoxy) is 1. The van der Waals surface area contributed by atoms with Gasteiger partial charge in [0.25, 0.3) is 0 Å². The second-order valence-corrected chi connectivity index (χ2v) is 3.11. The van der Waals surface area contributed by atoms with Gasteiger partial charge in [-0.1, -0.05) is 0 Å². The highest BCUT2D eigenvalue weighted by atomic mass is 16.6. The van der Waals surface area contributed by atoms with Crippen molar-refractivity contribution >= 4 is 5.97 Å². The van der Waals surface area contributed by atoms with Crippen molar-refractivity contribution in [1.82, 2.24) is 0 Å². The van der Waals surface area contributed by atoms with Crippen molar-refractivity contribution in [2.45, 2.75) is 30.5 Å². The SMILES string of the molecule is O=C1OC[C@@H](O)[C@@H](O)[C@H](O)[C@@H](O)[C@H]1O. The summed E-state index contributed by atoms with van der Waals surface area (Å²) in [6.07, 6.45) is -8.77. The highest BCUT2D eigenvalue weighted by molar-refractivity contribution is 5.75. The molecule has 1 rings (SSSR count). The van der Waals surface area contributed by atoms with Crippen LogP contribution in [-0.2, 0) is 9.53 Å². The molecular formula is C7H12O7. The van der Waals surface area contributed by atoms with Gasteiger partial charge >= 0.3 is 5.97 Å². The lowest BCUT2D eigenvalue weighted by Crippen LogP contribution is -2.55. The van der Waals surface area contributed by atoms with E-state index < -0.39 is 43.1 Å². The van der Waals surface area contributed by atoms with Crippen molar-refractivity contribution in [3.05, 3.63) is 0 Å². The molecule has 7 heteroatoms. The van der Waals surface area contributed by atoms with Gasteiger partial charge in [0, 0.05) is 0 Å². The van der Waals surface area contributed by atoms with Crippen LogP contribution < -0.4 is 0 Å². The van der Waals surface area contributed by atoms with E-state index in [0.29, 0.717) is 0 Å². The fourth-order valence-corrected chi connectivity index (χ4v) is 1.11. The fraction of sp³-hybridized carbons (Fsp3) is 0.857. The Morgan fingerprint density at radius 1 is 1.00 bits per heavy atom. The highest BCUT2D eigenvalue weighted by Gasteiger charge is 2.40. The van der Waals surface area contributed by atoms with Crippen molar-refractivity contribution in [1.29, 1.82) is 0 Å². The molecule has 0 spiro atoms. The second kappa shape index (κ2) is 4.20. The first-order chi connectivity index (χ1) is 6.45. The summed E-state index contributed by atoms with van der Waals surface area (Å²) in [6.45, 7) is -0.541. The van der Waals surface area contributed by atoms with Gasteiger partial charge in [0.15, 0.2) is 6.10 Å². The predicted octanol–water partition coefficient (Wildman–Crippen LogP) is -3.65. The normalized spacial score (nSPS) is 45.2. The molecule has 0 radical (unpaired) electrons. The summed E-state index contributed by atoms with van der Waals surface area (Å²) in [7, 11) is 0. The Labute approximate surface area is 79.2 Å². The summed E-state index contributed by atoms with van der Waals surface area (Å²) >= 11 is 0. The molecule has 14 heavy (non-hydrogen) atoms. The van der Waals surface area contributed by atoms with Crippen LogP contribution in [0.25, 0.3) is 0 Å². The number of aliphatic hydroxyl groups excluding tert-OH is 5. The first kappa shape index (κ1) is 11.3. The zero-order valence-corrected chi connectivity index (χ0v) is 7.15. The van der Waals surface area contributed by atoms with Gasteiger partial charge in [0.1, 0.15) is 31.0 Å². The topological polar surface area (TPSA) is 127 Å². The molecule has 7 nitrogen and oxygen atoms in total. The van der Waals surface area contributed by atoms with Gasteiger partial charge in [-0.2, -0.15) is 0 Å². The first-order valence-corrected chi connectivity index (χ1v) is 4.02. The zero-order chi connectivity index (χ0) is 10.9. The van der Waals surface area contributed by atoms with E-state index in [1.54, 1.807) is 0 Å². The molecule has 0 amide bonds. The highest BCUT2D eigenvalue weighted by Crippen LogP contribution is 2.13. The van der Waals surface area contributed by atoms with Crippen LogP contribution in [0, 0.1) is 0 Å². The Hall–Kier alpha value is -0.730. The summed E-state index contributed by atoms with van der Waals surface area (Å²) in [5, 5.41) is 45.6. The lowest BCUT2D eigenvalue weighted by atomic mass is 9.98. The first-order valence-electron chi connectivity index (χ1n) is 4.02. The lowest BCUT2D eigenvalue weighted by Gasteiger charge is -2.31. The summed E-state index contributed by atoms with van der Waals surface area (Å²) in [6, 6.07) is 0. The zero-order valence-electron chi connectivity index (χ0n) is 7.15. The molecule has 0 saturated carbocycles. The third-order valence-corrected chi connectivity index (χ3v) is 2.06. The van der Waals surface area contributed by atoms with Crippen molar-refractivity contribution in [2.75, 3.05) is 6.61 Å². The number of cyclic esters (lactones) is 1. The van der Waals surface area contributed by atoms with Crippen molar-refractivity contribution in [2.24, 2.45) is 0 Å². The molecule has 0 aromatic heterocycles. The second-order valence-electron chi connectivity index (χ2n) is 3.11. The van der Waals surface area contributed by atoms with Gasteiger partial charge in [-0.05, 0) is 0 Å². The quantitative estimate of drug-likeness (QED) is 0.260. The van der Waals surface area contributed by atoms with E-state index >= 15 is 0 Å². The Morgan fingerprint density at radius 2 is 1.57 bits per heavy atom. The summed E-state index contributed by atoms with van der Waals surface area (Å²) in [5.41, 5.74) is 0. The van der Waals surface area contributed by atoms with Gasteiger partial charge in [-0.15, -0.1) is 0 Å². The molecule has 1 heterocycles. The van der Waals surface area contributed by atoms with Crippen molar-refractivity contribution < 1.29 is 35.1 Å². The molecule has 82 valence electrons. The Morgan fingerprint density at radius 3 is 2.14 bits per heavy atom. The number of carbonyl (C=O) groups is 1. The summed E-state index contributed by atoms with van der Waals surface area (Å²) in [4.78, 5) is 10.8. The van der Waals surface area contributed by atoms with Gasteiger partial charge in [0.2, 0.25) is 0 Å². The molecule has 0 unspecified atom stereocenters. The summed E-state index contributed by atoms with van der Waals surface area (Å²) in [5.74, 6) is -1.15. The molecule has 0 aromatic carbocycles. The Kier molecular flexibility index (Phi) is 3.40. The van der Waals surface area contributed by atoms with Crippen LogP contribution in [0.4, 0.5) is 0 Å². The third kappa shape index (κ3) is 2.02. The average molecular weight is 208 g/mol. The minimum Gasteiger partial charge on any atom is -0.461 e. The van der Waals surface area contributed by atoms with E-state index in [9.17, 15) is 9.90 Å². The smallest absolute Gasteiger partial charge is 0.337 e. The maximum absolute atomic E-state index is 10.8. The maximum Gasteiger partial charge on any atom is 0.337 e. The Bertz CT molecular complexity index is 218. The molecule has 5 N–H and O–H groups in total. The minimum atomic E-state index is -1.92. The van der Waals surface area contributed by atoms with Gasteiger partial charge < -0.3 is 30.3 Å². The number of hydrogen-bond donors (Lipinski definition) is 5. The van der Waals surface area contributed by atoms with Crippen LogP contribution in [0.1, 0.15) is 0 Å². The largest absolute Gasteiger partial charge is 0.461 e. The van der Waals surface area contributed by atoms with E-state index in [2.05, 4.69) is 4.74 Å². The van der Waals surface area contributed by atoms with Crippen LogP contribution in [0.2, 0.25) is 0 Å². The van der Waals surface area contributed by atoms with E-state index in [-0.39, 0.29) is 0 Å². The van der Waals surface area contributed by atoms with Crippen LogP contribution in [0.15, 0.2) is 0 Å². The van der Waals surface area contributed by atoms with E-state index in [0.717, 1.165) is 0 Å². The predicted molar refractivity (Wildman–Crippen MR) is 41.0 cm³/mol. The van der Waals surface area contributed by atoms with Crippen molar-refractivity contribution in [3.63, 3.8) is 0 Å². The molecule has 5 atom stereocenters. The third-order valence-electron chi connectivity index (χ3n) is 2.06. The van der Waals surface area contributed by atoms with Gasteiger partial charge in [0.05, 0.1) is 0 Å². The minimum absolute atomic E-state index is 0.541. The number of esters is 1. The average Bonchev–Trinajstić information content (AvgIpc) is 2.19. The number of aliphatic hydroxyl groups is 5. The number of hydrogen-bond acceptors (Lipinski definition) is 7. The molecule has 1 aliphatic heterocycles. The monoisotopic (exact) mass is 208 g/mol. The molecule has 1 fully saturated rings. The Balaban J connectivity index is 2.80. The van der Waals surface area contributed by atoms with Crippen LogP contribution in [-0.4, -0.2) is 68.6 Å². The molecule has 0 aromatic rings. The van der Waals surface area contributed by atoms with Gasteiger partial charge in [-0.3, -0.25) is 0 Å². The molecule has 0 aliphatic carbocycles. The fourth-order valence-electron chi connectivity index (χ4n) is 1.11. The lowest BCUT2D eigenvalue weighted by molar-refractivity contribution is -0.192. The van der Waals surface area contributed by atoms with Gasteiger partial charge in [-0.25, -0.2) is 4.79 Å². The molecule has 1 saturated heterocycles. The molecule has 1 aliphatic rings. The standard InChI is InChI=1S/C7H12O7/c8-2-1-14-7(13)6(12)5(11)4(10)3(2)9/h2-6,8-12H,1H2/t2-,3-,4+,5-,6-/m1/s1. The van der Waals surface area contributed by atoms with Crippen LogP contribution in [0.3, 0.4) is 0 Å².